The number of nitrogens with one attached hydrogen (secondary N) is 2. The van der Waals surface area contributed by atoms with E-state index < -0.39 is 5.91 Å². The van der Waals surface area contributed by atoms with Gasteiger partial charge in [0.2, 0.25) is 0 Å². The molecule has 1 fully saturated rings. The molecule has 0 saturated heterocycles. The summed E-state index contributed by atoms with van der Waals surface area (Å²) >= 11 is 1.63. The minimum absolute atomic E-state index is 0.192. The fraction of sp³-hybridized carbons (Fsp3) is 0.261. The lowest BCUT2D eigenvalue weighted by Gasteiger charge is -2.11. The van der Waals surface area contributed by atoms with E-state index in [0.717, 1.165) is 28.5 Å². The van der Waals surface area contributed by atoms with E-state index in [4.69, 9.17) is 9.47 Å². The van der Waals surface area contributed by atoms with Crippen LogP contribution in [0, 0.1) is 0 Å². The second-order valence-corrected chi connectivity index (χ2v) is 8.15. The number of nitrogens with zero attached hydrogens (tertiary/aromatic N) is 1. The Kier molecular flexibility index (Phi) is 6.18. The average Bonchev–Trinajstić information content (AvgIpc) is 3.51. The van der Waals surface area contributed by atoms with Crippen molar-refractivity contribution in [2.75, 3.05) is 13.7 Å². The molecule has 2 amide bonds. The predicted molar refractivity (Wildman–Crippen MR) is 121 cm³/mol. The number of thiophene rings is 1. The van der Waals surface area contributed by atoms with Gasteiger partial charge in [-0.15, -0.1) is 11.3 Å². The van der Waals surface area contributed by atoms with Crippen LogP contribution in [0.5, 0.6) is 11.5 Å². The summed E-state index contributed by atoms with van der Waals surface area (Å²) in [4.78, 5) is 24.6. The minimum atomic E-state index is -0.409. The van der Waals surface area contributed by atoms with E-state index >= 15 is 0 Å². The van der Waals surface area contributed by atoms with Gasteiger partial charge in [-0.25, -0.2) is 5.43 Å². The van der Waals surface area contributed by atoms with Crippen molar-refractivity contribution in [3.63, 3.8) is 0 Å². The summed E-state index contributed by atoms with van der Waals surface area (Å²) in [6.07, 6.45) is 2.30. The zero-order chi connectivity index (χ0) is 21.8. The van der Waals surface area contributed by atoms with Crippen LogP contribution >= 0.6 is 11.3 Å². The van der Waals surface area contributed by atoms with E-state index in [0.29, 0.717) is 22.8 Å². The number of amides is 2. The van der Waals surface area contributed by atoms with Gasteiger partial charge in [0.25, 0.3) is 11.8 Å². The van der Waals surface area contributed by atoms with Crippen molar-refractivity contribution < 1.29 is 19.1 Å². The zero-order valence-corrected chi connectivity index (χ0v) is 18.1. The highest BCUT2D eigenvalue weighted by Gasteiger charge is 2.25. The van der Waals surface area contributed by atoms with Crippen LogP contribution in [0.25, 0.3) is 10.1 Å². The van der Waals surface area contributed by atoms with Gasteiger partial charge in [0.05, 0.1) is 25.5 Å². The lowest BCUT2D eigenvalue weighted by atomic mass is 10.1. The van der Waals surface area contributed by atoms with E-state index in [9.17, 15) is 9.59 Å². The maximum Gasteiger partial charge on any atom is 0.259 e. The lowest BCUT2D eigenvalue weighted by Crippen LogP contribution is -2.35. The molecule has 1 aromatic heterocycles. The Morgan fingerprint density at radius 3 is 2.74 bits per heavy atom. The number of carbonyl (C=O) groups excluding carboxylic acids is 2. The standard InChI is InChI=1S/C23H23N3O4S/c1-14(18-13-31-21-6-4-3-5-17(18)21)25-26-22(27)12-24-23(28)15-7-10-19(20(11-15)29-2)30-16-8-9-16/h3-7,10-11,13,16H,8-9,12H2,1-2H3,(H,24,28)(H,26,27)/b25-14+. The van der Waals surface area contributed by atoms with Crippen LogP contribution in [0.2, 0.25) is 0 Å². The fourth-order valence-electron chi connectivity index (χ4n) is 3.04. The van der Waals surface area contributed by atoms with E-state index in [1.54, 1.807) is 29.5 Å². The monoisotopic (exact) mass is 437 g/mol. The second kappa shape index (κ2) is 9.18. The van der Waals surface area contributed by atoms with Crippen molar-refractivity contribution in [2.24, 2.45) is 5.10 Å². The molecule has 2 aromatic carbocycles. The van der Waals surface area contributed by atoms with Crippen molar-refractivity contribution in [3.8, 4) is 11.5 Å². The van der Waals surface area contributed by atoms with Gasteiger partial charge in [0.1, 0.15) is 0 Å². The Labute approximate surface area is 184 Å². The summed E-state index contributed by atoms with van der Waals surface area (Å²) < 4.78 is 12.2. The molecule has 31 heavy (non-hydrogen) atoms. The summed E-state index contributed by atoms with van der Waals surface area (Å²) in [6, 6.07) is 13.0. The van der Waals surface area contributed by atoms with E-state index in [1.165, 1.54) is 7.11 Å². The molecule has 0 unspecified atom stereocenters. The number of methoxy groups -OCH3 is 1. The number of ether oxygens (including phenoxy) is 2. The third-order valence-electron chi connectivity index (χ3n) is 4.87. The molecule has 1 aliphatic rings. The average molecular weight is 438 g/mol. The molecule has 0 spiro atoms. The summed E-state index contributed by atoms with van der Waals surface area (Å²) in [7, 11) is 1.53. The van der Waals surface area contributed by atoms with Gasteiger partial charge >= 0.3 is 0 Å². The number of hydrogen-bond acceptors (Lipinski definition) is 6. The highest BCUT2D eigenvalue weighted by molar-refractivity contribution is 7.17. The Morgan fingerprint density at radius 1 is 1.16 bits per heavy atom. The van der Waals surface area contributed by atoms with Gasteiger partial charge in [-0.05, 0) is 44.0 Å². The predicted octanol–water partition coefficient (Wildman–Crippen LogP) is 3.72. The Morgan fingerprint density at radius 2 is 1.97 bits per heavy atom. The maximum atomic E-state index is 12.4. The number of fused-ring (bicyclic) bond motifs is 1. The molecule has 7 nitrogen and oxygen atoms in total. The molecule has 2 N–H and O–H groups in total. The number of rotatable bonds is 8. The van der Waals surface area contributed by atoms with Gasteiger partial charge < -0.3 is 14.8 Å². The summed E-state index contributed by atoms with van der Waals surface area (Å²) in [5.74, 6) is 0.320. The Hall–Kier alpha value is -3.39. The number of benzene rings is 2. The van der Waals surface area contributed by atoms with Crippen LogP contribution < -0.4 is 20.2 Å². The van der Waals surface area contributed by atoms with Crippen molar-refractivity contribution in [3.05, 3.63) is 59.0 Å². The molecule has 4 rings (SSSR count). The van der Waals surface area contributed by atoms with E-state index in [2.05, 4.69) is 15.8 Å². The van der Waals surface area contributed by atoms with Crippen molar-refractivity contribution in [1.29, 1.82) is 0 Å². The maximum absolute atomic E-state index is 12.4. The molecule has 8 heteroatoms. The lowest BCUT2D eigenvalue weighted by molar-refractivity contribution is -0.120. The van der Waals surface area contributed by atoms with Crippen molar-refractivity contribution in [2.45, 2.75) is 25.9 Å². The van der Waals surface area contributed by atoms with Gasteiger partial charge in [-0.1, -0.05) is 18.2 Å². The van der Waals surface area contributed by atoms with Crippen LogP contribution in [0.1, 0.15) is 35.7 Å². The van der Waals surface area contributed by atoms with Crippen LogP contribution in [0.4, 0.5) is 0 Å². The van der Waals surface area contributed by atoms with Gasteiger partial charge in [0.15, 0.2) is 11.5 Å². The molecule has 160 valence electrons. The van der Waals surface area contributed by atoms with Crippen LogP contribution in [0.15, 0.2) is 52.9 Å². The summed E-state index contributed by atoms with van der Waals surface area (Å²) in [5, 5.41) is 9.88. The molecule has 0 atom stereocenters. The minimum Gasteiger partial charge on any atom is -0.493 e. The van der Waals surface area contributed by atoms with E-state index in [1.807, 2.05) is 36.6 Å². The normalized spacial score (nSPS) is 13.7. The first-order valence-corrected chi connectivity index (χ1v) is 10.9. The van der Waals surface area contributed by atoms with Gasteiger partial charge in [-0.2, -0.15) is 5.10 Å². The molecule has 1 heterocycles. The first-order valence-electron chi connectivity index (χ1n) is 9.98. The van der Waals surface area contributed by atoms with E-state index in [-0.39, 0.29) is 18.6 Å². The first-order chi connectivity index (χ1) is 15.0. The topological polar surface area (TPSA) is 89.0 Å². The van der Waals surface area contributed by atoms with Gasteiger partial charge in [-0.3, -0.25) is 9.59 Å². The van der Waals surface area contributed by atoms with Crippen LogP contribution in [0.3, 0.4) is 0 Å². The van der Waals surface area contributed by atoms with Crippen molar-refractivity contribution in [1.82, 2.24) is 10.7 Å². The van der Waals surface area contributed by atoms with Gasteiger partial charge in [0, 0.05) is 26.6 Å². The summed E-state index contributed by atoms with van der Waals surface area (Å²) in [6.45, 7) is 1.65. The smallest absolute Gasteiger partial charge is 0.259 e. The highest BCUT2D eigenvalue weighted by atomic mass is 32.1. The summed E-state index contributed by atoms with van der Waals surface area (Å²) in [5.41, 5.74) is 4.56. The molecule has 1 aliphatic carbocycles. The van der Waals surface area contributed by atoms with Crippen molar-refractivity contribution >= 4 is 38.9 Å². The van der Waals surface area contributed by atoms with Crippen LogP contribution in [-0.2, 0) is 4.79 Å². The largest absolute Gasteiger partial charge is 0.493 e. The molecule has 1 saturated carbocycles. The van der Waals surface area contributed by atoms with Crippen LogP contribution in [-0.4, -0.2) is 37.3 Å². The Balaban J connectivity index is 1.33. The highest BCUT2D eigenvalue weighted by Crippen LogP contribution is 2.34. The molecule has 0 radical (unpaired) electrons. The quantitative estimate of drug-likeness (QED) is 0.415. The third kappa shape index (κ3) is 5.03. The fourth-order valence-corrected chi connectivity index (χ4v) is 4.04. The zero-order valence-electron chi connectivity index (χ0n) is 17.3. The number of carbonyl (C=O) groups is 2. The first kappa shape index (κ1) is 20.9. The molecule has 3 aromatic rings. The third-order valence-corrected chi connectivity index (χ3v) is 5.84. The molecule has 0 aliphatic heterocycles. The second-order valence-electron chi connectivity index (χ2n) is 7.24. The molecular formula is C23H23N3O4S. The SMILES string of the molecule is COc1cc(C(=O)NCC(=O)N/N=C(\C)c2csc3ccccc23)ccc1OC1CC1. The molecular weight excluding hydrogens is 414 g/mol. The Bertz CT molecular complexity index is 1150. The number of hydrazone groups is 1. The number of hydrogen-bond donors (Lipinski definition) is 2. The molecule has 0 bridgehead atoms.